The zero-order valence-corrected chi connectivity index (χ0v) is 14.4. The number of carbonyl (C=O) groups excluding carboxylic acids is 3. The second kappa shape index (κ2) is 7.25. The second-order valence-electron chi connectivity index (χ2n) is 5.96. The lowest BCUT2D eigenvalue weighted by Gasteiger charge is -2.35. The Kier molecular flexibility index (Phi) is 5.08. The molecule has 2 aliphatic heterocycles. The van der Waals surface area contributed by atoms with E-state index in [4.69, 9.17) is 4.74 Å². The van der Waals surface area contributed by atoms with Crippen LogP contribution in [0.15, 0.2) is 24.3 Å². The highest BCUT2D eigenvalue weighted by Gasteiger charge is 2.37. The van der Waals surface area contributed by atoms with Crippen molar-refractivity contribution in [1.82, 2.24) is 9.80 Å². The molecular weight excluding hydrogens is 328 g/mol. The Morgan fingerprint density at radius 1 is 1.21 bits per heavy atom. The monoisotopic (exact) mass is 348 g/mol. The van der Waals surface area contributed by atoms with Crippen molar-refractivity contribution in [2.24, 2.45) is 0 Å². The molecule has 128 valence electrons. The van der Waals surface area contributed by atoms with Gasteiger partial charge in [0.05, 0.1) is 19.3 Å². The summed E-state index contributed by atoms with van der Waals surface area (Å²) in [6.45, 7) is 1.17. The van der Waals surface area contributed by atoms with Crippen molar-refractivity contribution in [2.75, 3.05) is 26.0 Å². The Hall–Kier alpha value is -2.02. The van der Waals surface area contributed by atoms with E-state index in [0.29, 0.717) is 32.4 Å². The molecule has 2 fully saturated rings. The lowest BCUT2D eigenvalue weighted by atomic mass is 10.0. The molecule has 2 aliphatic rings. The fraction of sp³-hybridized carbons (Fsp3) is 0.471. The summed E-state index contributed by atoms with van der Waals surface area (Å²) in [4.78, 5) is 39.2. The van der Waals surface area contributed by atoms with E-state index in [0.717, 1.165) is 23.1 Å². The molecule has 0 saturated carbocycles. The summed E-state index contributed by atoms with van der Waals surface area (Å²) in [6, 6.07) is 7.41. The van der Waals surface area contributed by atoms with Gasteiger partial charge in [-0.2, -0.15) is 0 Å². The van der Waals surface area contributed by atoms with Crippen LogP contribution in [0.5, 0.6) is 5.75 Å². The van der Waals surface area contributed by atoms with Crippen molar-refractivity contribution < 1.29 is 19.1 Å². The molecule has 1 aromatic rings. The van der Waals surface area contributed by atoms with E-state index in [9.17, 15) is 14.4 Å². The zero-order valence-electron chi connectivity index (χ0n) is 13.6. The molecule has 24 heavy (non-hydrogen) atoms. The van der Waals surface area contributed by atoms with Gasteiger partial charge in [0, 0.05) is 19.1 Å². The first-order valence-corrected chi connectivity index (χ1v) is 8.96. The van der Waals surface area contributed by atoms with Gasteiger partial charge in [0.25, 0.3) is 5.24 Å². The Bertz CT molecular complexity index is 622. The van der Waals surface area contributed by atoms with E-state index in [2.05, 4.69) is 0 Å². The van der Waals surface area contributed by atoms with Gasteiger partial charge in [-0.05, 0) is 30.5 Å². The van der Waals surface area contributed by atoms with E-state index >= 15 is 0 Å². The van der Waals surface area contributed by atoms with E-state index in [1.807, 2.05) is 29.2 Å². The highest BCUT2D eigenvalue weighted by Crippen LogP contribution is 2.27. The molecule has 0 aliphatic carbocycles. The van der Waals surface area contributed by atoms with Gasteiger partial charge in [-0.3, -0.25) is 19.3 Å². The molecule has 0 N–H and O–H groups in total. The number of nitrogens with zero attached hydrogens (tertiary/aromatic N) is 2. The normalized spacial score (nSPS) is 19.0. The van der Waals surface area contributed by atoms with Crippen LogP contribution >= 0.6 is 11.8 Å². The molecule has 0 spiro atoms. The van der Waals surface area contributed by atoms with Crippen molar-refractivity contribution in [3.05, 3.63) is 29.8 Å². The maximum absolute atomic E-state index is 12.4. The van der Waals surface area contributed by atoms with Crippen LogP contribution in [0.1, 0.15) is 18.4 Å². The SMILES string of the molecule is COc1ccc(CC(=O)N2CCC(N3C(=O)CSC3=O)CC2)cc1. The predicted molar refractivity (Wildman–Crippen MR) is 91.0 cm³/mol. The fourth-order valence-electron chi connectivity index (χ4n) is 3.12. The summed E-state index contributed by atoms with van der Waals surface area (Å²) in [6.07, 6.45) is 1.67. The number of carbonyl (C=O) groups is 3. The molecule has 2 saturated heterocycles. The fourth-order valence-corrected chi connectivity index (χ4v) is 3.90. The average molecular weight is 348 g/mol. The molecule has 6 nitrogen and oxygen atoms in total. The Labute approximate surface area is 145 Å². The lowest BCUT2D eigenvalue weighted by molar-refractivity contribution is -0.132. The Morgan fingerprint density at radius 3 is 2.42 bits per heavy atom. The summed E-state index contributed by atoms with van der Waals surface area (Å²) in [5.74, 6) is 0.986. The number of benzene rings is 1. The van der Waals surface area contributed by atoms with Gasteiger partial charge in [0.1, 0.15) is 5.75 Å². The van der Waals surface area contributed by atoms with Crippen LogP contribution in [0.2, 0.25) is 0 Å². The van der Waals surface area contributed by atoms with Crippen LogP contribution in [-0.4, -0.2) is 58.8 Å². The van der Waals surface area contributed by atoms with Crippen molar-refractivity contribution in [1.29, 1.82) is 0 Å². The summed E-state index contributed by atoms with van der Waals surface area (Å²) >= 11 is 1.07. The first-order chi connectivity index (χ1) is 11.6. The standard InChI is InChI=1S/C17H20N2O4S/c1-23-14-4-2-12(3-5-14)10-15(20)18-8-6-13(7-9-18)19-16(21)11-24-17(19)22/h2-5,13H,6-11H2,1H3. The van der Waals surface area contributed by atoms with Crippen molar-refractivity contribution in [3.8, 4) is 5.75 Å². The smallest absolute Gasteiger partial charge is 0.289 e. The molecule has 0 bridgehead atoms. The molecule has 0 radical (unpaired) electrons. The molecule has 3 amide bonds. The van der Waals surface area contributed by atoms with E-state index < -0.39 is 0 Å². The number of methoxy groups -OCH3 is 1. The Balaban J connectivity index is 1.53. The quantitative estimate of drug-likeness (QED) is 0.832. The lowest BCUT2D eigenvalue weighted by Crippen LogP contribution is -2.48. The number of hydrogen-bond donors (Lipinski definition) is 0. The van der Waals surface area contributed by atoms with Crippen LogP contribution in [0.4, 0.5) is 4.79 Å². The van der Waals surface area contributed by atoms with Crippen LogP contribution < -0.4 is 4.74 Å². The summed E-state index contributed by atoms with van der Waals surface area (Å²) in [7, 11) is 1.61. The topological polar surface area (TPSA) is 66.9 Å². The molecular formula is C17H20N2O4S. The number of imide groups is 1. The van der Waals surface area contributed by atoms with Crippen molar-refractivity contribution in [3.63, 3.8) is 0 Å². The number of likely N-dealkylation sites (tertiary alicyclic amines) is 1. The number of ether oxygens (including phenoxy) is 1. The van der Waals surface area contributed by atoms with Crippen LogP contribution in [0, 0.1) is 0 Å². The van der Waals surface area contributed by atoms with E-state index in [1.165, 1.54) is 4.90 Å². The van der Waals surface area contributed by atoms with Crippen LogP contribution in [0.3, 0.4) is 0 Å². The minimum absolute atomic E-state index is 0.0648. The van der Waals surface area contributed by atoms with Gasteiger partial charge >= 0.3 is 0 Å². The summed E-state index contributed by atoms with van der Waals surface area (Å²) < 4.78 is 5.11. The summed E-state index contributed by atoms with van der Waals surface area (Å²) in [5.41, 5.74) is 0.948. The average Bonchev–Trinajstić information content (AvgIpc) is 2.94. The minimum Gasteiger partial charge on any atom is -0.497 e. The van der Waals surface area contributed by atoms with Crippen molar-refractivity contribution in [2.45, 2.75) is 25.3 Å². The van der Waals surface area contributed by atoms with Crippen LogP contribution in [-0.2, 0) is 16.0 Å². The van der Waals surface area contributed by atoms with Gasteiger partial charge in [-0.15, -0.1) is 0 Å². The maximum atomic E-state index is 12.4. The zero-order chi connectivity index (χ0) is 17.1. The first kappa shape index (κ1) is 16.8. The molecule has 0 atom stereocenters. The maximum Gasteiger partial charge on any atom is 0.289 e. The van der Waals surface area contributed by atoms with E-state index in [1.54, 1.807) is 7.11 Å². The largest absolute Gasteiger partial charge is 0.497 e. The molecule has 3 rings (SSSR count). The highest BCUT2D eigenvalue weighted by atomic mass is 32.2. The van der Waals surface area contributed by atoms with Crippen LogP contribution in [0.25, 0.3) is 0 Å². The van der Waals surface area contributed by atoms with Gasteiger partial charge in [0.15, 0.2) is 0 Å². The molecule has 7 heteroatoms. The van der Waals surface area contributed by atoms with Gasteiger partial charge in [-0.1, -0.05) is 23.9 Å². The molecule has 2 heterocycles. The number of piperidine rings is 1. The summed E-state index contributed by atoms with van der Waals surface area (Å²) in [5, 5.41) is -0.150. The third-order valence-electron chi connectivity index (χ3n) is 4.48. The van der Waals surface area contributed by atoms with E-state index in [-0.39, 0.29) is 28.8 Å². The number of thioether (sulfide) groups is 1. The minimum atomic E-state index is -0.150. The van der Waals surface area contributed by atoms with Gasteiger partial charge in [-0.25, -0.2) is 0 Å². The molecule has 0 aromatic heterocycles. The predicted octanol–water partition coefficient (Wildman–Crippen LogP) is 1.92. The molecule has 1 aromatic carbocycles. The highest BCUT2D eigenvalue weighted by molar-refractivity contribution is 8.14. The van der Waals surface area contributed by atoms with Crippen molar-refractivity contribution >= 4 is 28.8 Å². The third-order valence-corrected chi connectivity index (χ3v) is 5.32. The second-order valence-corrected chi connectivity index (χ2v) is 6.88. The number of amides is 3. The number of rotatable bonds is 4. The number of hydrogen-bond acceptors (Lipinski definition) is 5. The first-order valence-electron chi connectivity index (χ1n) is 7.98. The Morgan fingerprint density at radius 2 is 1.88 bits per heavy atom. The van der Waals surface area contributed by atoms with Gasteiger partial charge in [0.2, 0.25) is 11.8 Å². The third kappa shape index (κ3) is 3.56. The molecule has 0 unspecified atom stereocenters. The van der Waals surface area contributed by atoms with Gasteiger partial charge < -0.3 is 9.64 Å².